The van der Waals surface area contributed by atoms with Crippen molar-refractivity contribution in [3.63, 3.8) is 0 Å². The van der Waals surface area contributed by atoms with Gasteiger partial charge in [0.2, 0.25) is 11.8 Å². The second-order valence-corrected chi connectivity index (χ2v) is 4.43. The third kappa shape index (κ3) is 3.07. The number of anilines is 1. The molecule has 18 heavy (non-hydrogen) atoms. The van der Waals surface area contributed by atoms with Crippen molar-refractivity contribution in [3.8, 4) is 5.88 Å². The number of nitrogens with one attached hydrogen (secondary N) is 1. The first-order valence-electron chi connectivity index (χ1n) is 6.28. The van der Waals surface area contributed by atoms with Crippen LogP contribution < -0.4 is 10.1 Å². The van der Waals surface area contributed by atoms with E-state index >= 15 is 0 Å². The van der Waals surface area contributed by atoms with Crippen LogP contribution in [0.5, 0.6) is 5.88 Å². The maximum Gasteiger partial charge on any atom is 0.255 e. The van der Waals surface area contributed by atoms with Gasteiger partial charge in [-0.15, -0.1) is 0 Å². The van der Waals surface area contributed by atoms with Gasteiger partial charge < -0.3 is 15.0 Å². The summed E-state index contributed by atoms with van der Waals surface area (Å²) in [4.78, 5) is 10.3. The van der Waals surface area contributed by atoms with Gasteiger partial charge in [0.05, 0.1) is 13.3 Å². The highest BCUT2D eigenvalue weighted by Gasteiger charge is 2.19. The molecule has 0 saturated carbocycles. The van der Waals surface area contributed by atoms with Crippen LogP contribution in [0.1, 0.15) is 19.8 Å². The van der Waals surface area contributed by atoms with E-state index in [-0.39, 0.29) is 5.88 Å². The van der Waals surface area contributed by atoms with E-state index in [0.29, 0.717) is 12.0 Å². The molecule has 1 aromatic heterocycles. The van der Waals surface area contributed by atoms with Crippen LogP contribution in [0.2, 0.25) is 0 Å². The number of methoxy groups -OCH3 is 1. The van der Waals surface area contributed by atoms with Crippen molar-refractivity contribution in [3.05, 3.63) is 12.0 Å². The predicted molar refractivity (Wildman–Crippen MR) is 67.3 cm³/mol. The molecular weight excluding hydrogens is 235 g/mol. The summed E-state index contributed by atoms with van der Waals surface area (Å²) in [5.74, 6) is -0.131. The molecule has 0 radical (unpaired) electrons. The van der Waals surface area contributed by atoms with Crippen molar-refractivity contribution >= 4 is 5.95 Å². The second-order valence-electron chi connectivity index (χ2n) is 4.43. The molecule has 1 aliphatic rings. The Labute approximate surface area is 106 Å². The van der Waals surface area contributed by atoms with Crippen LogP contribution >= 0.6 is 0 Å². The fraction of sp³-hybridized carbons (Fsp3) is 0.667. The quantitative estimate of drug-likeness (QED) is 0.883. The number of hydrogen-bond donors (Lipinski definition) is 1. The Morgan fingerprint density at radius 3 is 3.17 bits per heavy atom. The normalized spacial score (nSPS) is 20.7. The van der Waals surface area contributed by atoms with Crippen molar-refractivity contribution < 1.29 is 9.13 Å². The smallest absolute Gasteiger partial charge is 0.255 e. The van der Waals surface area contributed by atoms with E-state index in [0.717, 1.165) is 38.7 Å². The molecule has 100 valence electrons. The standard InChI is InChI=1S/C12H19FN4O/c1-3-17-6-4-5-9(8-17)15-12-14-7-10(13)11(16-12)18-2/h7,9H,3-6,8H2,1-2H3,(H,14,15,16)/t9-/m0/s1. The van der Waals surface area contributed by atoms with Crippen LogP contribution in [0, 0.1) is 5.82 Å². The van der Waals surface area contributed by atoms with E-state index in [1.165, 1.54) is 7.11 Å². The Bertz CT molecular complexity index is 402. The van der Waals surface area contributed by atoms with Crippen LogP contribution in [0.15, 0.2) is 6.20 Å². The van der Waals surface area contributed by atoms with Gasteiger partial charge in [-0.05, 0) is 25.9 Å². The van der Waals surface area contributed by atoms with Crippen molar-refractivity contribution in [1.29, 1.82) is 0 Å². The molecule has 0 spiro atoms. The Kier molecular flexibility index (Phi) is 4.30. The molecule has 1 aliphatic heterocycles. The third-order valence-corrected chi connectivity index (χ3v) is 3.19. The summed E-state index contributed by atoms with van der Waals surface area (Å²) in [7, 11) is 1.40. The average Bonchev–Trinajstić information content (AvgIpc) is 2.41. The molecule has 6 heteroatoms. The lowest BCUT2D eigenvalue weighted by Crippen LogP contribution is -2.42. The molecule has 0 aromatic carbocycles. The van der Waals surface area contributed by atoms with Crippen molar-refractivity contribution in [1.82, 2.24) is 14.9 Å². The third-order valence-electron chi connectivity index (χ3n) is 3.19. The summed E-state index contributed by atoms with van der Waals surface area (Å²) < 4.78 is 18.0. The highest BCUT2D eigenvalue weighted by molar-refractivity contribution is 5.30. The van der Waals surface area contributed by atoms with Gasteiger partial charge >= 0.3 is 0 Å². The van der Waals surface area contributed by atoms with Gasteiger partial charge in [0.1, 0.15) is 0 Å². The lowest BCUT2D eigenvalue weighted by Gasteiger charge is -2.32. The van der Waals surface area contributed by atoms with Crippen LogP contribution in [-0.4, -0.2) is 47.7 Å². The number of hydrogen-bond acceptors (Lipinski definition) is 5. The summed E-state index contributed by atoms with van der Waals surface area (Å²) in [5.41, 5.74) is 0. The molecular formula is C12H19FN4O. The number of rotatable bonds is 4. The molecule has 5 nitrogen and oxygen atoms in total. The molecule has 1 N–H and O–H groups in total. The molecule has 2 rings (SSSR count). The van der Waals surface area contributed by atoms with Crippen molar-refractivity contribution in [2.45, 2.75) is 25.8 Å². The zero-order valence-corrected chi connectivity index (χ0v) is 10.8. The minimum Gasteiger partial charge on any atom is -0.479 e. The SMILES string of the molecule is CCN1CCC[C@H](Nc2ncc(F)c(OC)n2)C1. The lowest BCUT2D eigenvalue weighted by molar-refractivity contribution is 0.226. The zero-order valence-electron chi connectivity index (χ0n) is 10.8. The molecule has 1 fully saturated rings. The first-order valence-corrected chi connectivity index (χ1v) is 6.28. The highest BCUT2D eigenvalue weighted by atomic mass is 19.1. The molecule has 1 atom stereocenters. The zero-order chi connectivity index (χ0) is 13.0. The molecule has 0 amide bonds. The fourth-order valence-electron chi connectivity index (χ4n) is 2.21. The molecule has 1 aromatic rings. The van der Waals surface area contributed by atoms with Crippen LogP contribution in [0.4, 0.5) is 10.3 Å². The average molecular weight is 254 g/mol. The lowest BCUT2D eigenvalue weighted by atomic mass is 10.1. The Hall–Kier alpha value is -1.43. The Morgan fingerprint density at radius 2 is 2.44 bits per heavy atom. The second kappa shape index (κ2) is 5.95. The minimum absolute atomic E-state index is 0.0179. The summed E-state index contributed by atoms with van der Waals surface area (Å²) >= 11 is 0. The monoisotopic (exact) mass is 254 g/mol. The predicted octanol–water partition coefficient (Wildman–Crippen LogP) is 1.52. The maximum atomic E-state index is 13.2. The molecule has 0 aliphatic carbocycles. The minimum atomic E-state index is -0.540. The largest absolute Gasteiger partial charge is 0.479 e. The van der Waals surface area contributed by atoms with Crippen LogP contribution in [-0.2, 0) is 0 Å². The molecule has 0 unspecified atom stereocenters. The first kappa shape index (κ1) is 13.0. The fourth-order valence-corrected chi connectivity index (χ4v) is 2.21. The van der Waals surface area contributed by atoms with Crippen molar-refractivity contribution in [2.24, 2.45) is 0 Å². The molecule has 2 heterocycles. The van der Waals surface area contributed by atoms with E-state index < -0.39 is 5.82 Å². The van der Waals surface area contributed by atoms with E-state index in [1.54, 1.807) is 0 Å². The first-order chi connectivity index (χ1) is 8.72. The van der Waals surface area contributed by atoms with E-state index in [9.17, 15) is 4.39 Å². The summed E-state index contributed by atoms with van der Waals surface area (Å²) in [6, 6.07) is 0.314. The van der Waals surface area contributed by atoms with E-state index in [1.807, 2.05) is 0 Å². The topological polar surface area (TPSA) is 50.3 Å². The molecule has 0 bridgehead atoms. The van der Waals surface area contributed by atoms with Gasteiger partial charge in [-0.3, -0.25) is 0 Å². The van der Waals surface area contributed by atoms with Gasteiger partial charge in [0, 0.05) is 12.6 Å². The van der Waals surface area contributed by atoms with Gasteiger partial charge in [-0.2, -0.15) is 9.37 Å². The van der Waals surface area contributed by atoms with E-state index in [2.05, 4.69) is 27.1 Å². The maximum absolute atomic E-state index is 13.2. The number of nitrogens with zero attached hydrogens (tertiary/aromatic N) is 3. The van der Waals surface area contributed by atoms with Gasteiger partial charge in [-0.1, -0.05) is 6.92 Å². The van der Waals surface area contributed by atoms with Crippen LogP contribution in [0.3, 0.4) is 0 Å². The summed E-state index contributed by atoms with van der Waals surface area (Å²) in [6.07, 6.45) is 3.37. The van der Waals surface area contributed by atoms with Crippen molar-refractivity contribution in [2.75, 3.05) is 32.1 Å². The van der Waals surface area contributed by atoms with Gasteiger partial charge in [0.15, 0.2) is 0 Å². The number of ether oxygens (including phenoxy) is 1. The van der Waals surface area contributed by atoms with Gasteiger partial charge in [-0.25, -0.2) is 4.98 Å². The summed E-state index contributed by atoms with van der Waals surface area (Å²) in [6.45, 7) is 5.31. The number of likely N-dealkylation sites (N-methyl/N-ethyl adjacent to an activating group) is 1. The van der Waals surface area contributed by atoms with E-state index in [4.69, 9.17) is 4.74 Å². The Morgan fingerprint density at radius 1 is 1.61 bits per heavy atom. The summed E-state index contributed by atoms with van der Waals surface area (Å²) in [5, 5.41) is 3.24. The number of halogens is 1. The van der Waals surface area contributed by atoms with Gasteiger partial charge in [0.25, 0.3) is 5.88 Å². The Balaban J connectivity index is 2.00. The number of likely N-dealkylation sites (tertiary alicyclic amines) is 1. The number of aromatic nitrogens is 2. The number of piperidine rings is 1. The van der Waals surface area contributed by atoms with Crippen LogP contribution in [0.25, 0.3) is 0 Å². The molecule has 1 saturated heterocycles. The highest BCUT2D eigenvalue weighted by Crippen LogP contribution is 2.17.